The zero-order valence-electron chi connectivity index (χ0n) is 16.6. The second-order valence-corrected chi connectivity index (χ2v) is 7.69. The van der Waals surface area contributed by atoms with Crippen molar-refractivity contribution < 1.29 is 23.9 Å². The van der Waals surface area contributed by atoms with E-state index in [4.69, 9.17) is 9.47 Å². The molecule has 148 valence electrons. The fourth-order valence-electron chi connectivity index (χ4n) is 5.14. The van der Waals surface area contributed by atoms with Gasteiger partial charge in [-0.15, -0.1) is 0 Å². The van der Waals surface area contributed by atoms with Gasteiger partial charge in [0.1, 0.15) is 0 Å². The minimum absolute atomic E-state index is 0.0439. The maximum atomic E-state index is 13.9. The van der Waals surface area contributed by atoms with Crippen LogP contribution in [0, 0.1) is 16.7 Å². The summed E-state index contributed by atoms with van der Waals surface area (Å²) < 4.78 is 10.1. The summed E-state index contributed by atoms with van der Waals surface area (Å²) in [5.74, 6) is -2.19. The molecule has 0 N–H and O–H groups in total. The molecule has 1 fully saturated rings. The zero-order chi connectivity index (χ0) is 20.8. The van der Waals surface area contributed by atoms with Crippen LogP contribution in [0.3, 0.4) is 0 Å². The number of allylic oxidation sites excluding steroid dienone is 1. The number of carbonyl (C=O) groups excluding carboxylic acids is 3. The number of ether oxygens (including phenoxy) is 2. The quantitative estimate of drug-likeness (QED) is 0.590. The topological polar surface area (TPSA) is 69.7 Å². The molecule has 2 aliphatic carbocycles. The van der Waals surface area contributed by atoms with Gasteiger partial charge in [0, 0.05) is 0 Å². The summed E-state index contributed by atoms with van der Waals surface area (Å²) in [5.41, 5.74) is 0.187. The van der Waals surface area contributed by atoms with Crippen LogP contribution in [0.15, 0.2) is 60.7 Å². The number of ketones is 1. The fourth-order valence-corrected chi connectivity index (χ4v) is 5.14. The van der Waals surface area contributed by atoms with Crippen molar-refractivity contribution in [2.24, 2.45) is 16.7 Å². The van der Waals surface area contributed by atoms with Gasteiger partial charge in [0.15, 0.2) is 11.2 Å². The van der Waals surface area contributed by atoms with E-state index in [0.29, 0.717) is 11.1 Å². The Morgan fingerprint density at radius 1 is 0.862 bits per heavy atom. The summed E-state index contributed by atoms with van der Waals surface area (Å²) in [5, 5.41) is 0. The number of Topliss-reactive ketones (excluding diaryl/α,β-unsaturated/α-hetero) is 1. The van der Waals surface area contributed by atoms with E-state index in [9.17, 15) is 14.4 Å². The van der Waals surface area contributed by atoms with Crippen LogP contribution in [0.2, 0.25) is 0 Å². The molecule has 2 aromatic rings. The fraction of sp³-hybridized carbons (Fsp3) is 0.292. The molecule has 0 saturated heterocycles. The second-order valence-electron chi connectivity index (χ2n) is 7.69. The number of hydrogen-bond donors (Lipinski definition) is 0. The molecular weight excluding hydrogens is 368 g/mol. The van der Waals surface area contributed by atoms with Crippen molar-refractivity contribution in [2.45, 2.75) is 13.3 Å². The molecule has 5 heteroatoms. The Labute approximate surface area is 169 Å². The number of methoxy groups -OCH3 is 2. The standard InChI is InChI=1S/C24H22O5/c1-23-17(20(25)28-2)14-24(21(23)26,22(27)29-3)19(16-12-8-5-9-13-16)18(23)15-10-6-4-7-11-15/h4-13,17H,14H2,1-3H3/t17-,23-,24-/m1/s1. The highest BCUT2D eigenvalue weighted by Gasteiger charge is 2.74. The Morgan fingerprint density at radius 3 is 1.86 bits per heavy atom. The molecule has 2 aromatic carbocycles. The van der Waals surface area contributed by atoms with Crippen molar-refractivity contribution in [3.05, 3.63) is 71.8 Å². The van der Waals surface area contributed by atoms with E-state index in [2.05, 4.69) is 0 Å². The van der Waals surface area contributed by atoms with Crippen molar-refractivity contribution in [3.8, 4) is 0 Å². The van der Waals surface area contributed by atoms with Crippen molar-refractivity contribution in [2.75, 3.05) is 14.2 Å². The first kappa shape index (κ1) is 19.1. The molecule has 5 nitrogen and oxygen atoms in total. The monoisotopic (exact) mass is 390 g/mol. The van der Waals surface area contributed by atoms with E-state index in [0.717, 1.165) is 11.1 Å². The van der Waals surface area contributed by atoms with Crippen LogP contribution in [0.25, 0.3) is 11.1 Å². The summed E-state index contributed by atoms with van der Waals surface area (Å²) in [6.07, 6.45) is 0.0439. The average Bonchev–Trinajstić information content (AvgIpc) is 3.12. The summed E-state index contributed by atoms with van der Waals surface area (Å²) >= 11 is 0. The van der Waals surface area contributed by atoms with Gasteiger partial charge in [-0.05, 0) is 35.6 Å². The molecule has 0 aromatic heterocycles. The minimum atomic E-state index is -1.53. The van der Waals surface area contributed by atoms with Gasteiger partial charge in [0.25, 0.3) is 0 Å². The highest BCUT2D eigenvalue weighted by molar-refractivity contribution is 6.32. The number of carbonyl (C=O) groups is 3. The third kappa shape index (κ3) is 2.36. The average molecular weight is 390 g/mol. The predicted molar refractivity (Wildman–Crippen MR) is 107 cm³/mol. The van der Waals surface area contributed by atoms with Gasteiger partial charge in [0.2, 0.25) is 0 Å². The Morgan fingerprint density at radius 2 is 1.38 bits per heavy atom. The highest BCUT2D eigenvalue weighted by atomic mass is 16.5. The van der Waals surface area contributed by atoms with Crippen LogP contribution in [0.5, 0.6) is 0 Å². The number of fused-ring (bicyclic) bond motifs is 2. The second kappa shape index (κ2) is 6.69. The van der Waals surface area contributed by atoms with E-state index < -0.39 is 28.7 Å². The van der Waals surface area contributed by atoms with Crippen LogP contribution in [-0.2, 0) is 23.9 Å². The highest BCUT2D eigenvalue weighted by Crippen LogP contribution is 2.69. The lowest BCUT2D eigenvalue weighted by atomic mass is 9.67. The summed E-state index contributed by atoms with van der Waals surface area (Å²) in [7, 11) is 2.58. The Hall–Kier alpha value is -3.21. The normalized spacial score (nSPS) is 27.8. The van der Waals surface area contributed by atoms with Crippen LogP contribution < -0.4 is 0 Å². The zero-order valence-corrected chi connectivity index (χ0v) is 16.6. The van der Waals surface area contributed by atoms with Crippen molar-refractivity contribution in [1.82, 2.24) is 0 Å². The van der Waals surface area contributed by atoms with Gasteiger partial charge in [-0.2, -0.15) is 0 Å². The molecule has 0 unspecified atom stereocenters. The Bertz CT molecular complexity index is 1020. The maximum absolute atomic E-state index is 13.9. The SMILES string of the molecule is COC(=O)[C@H]1C[C@]2(C(=O)OC)C(=O)[C@@]1(C)C(c1ccccc1)=C2c1ccccc1. The predicted octanol–water partition coefficient (Wildman–Crippen LogP) is 3.54. The Balaban J connectivity index is 2.12. The van der Waals surface area contributed by atoms with Gasteiger partial charge >= 0.3 is 11.9 Å². The summed E-state index contributed by atoms with van der Waals surface area (Å²) in [6.45, 7) is 1.75. The summed E-state index contributed by atoms with van der Waals surface area (Å²) in [6, 6.07) is 18.8. The van der Waals surface area contributed by atoms with E-state index >= 15 is 0 Å². The molecule has 3 atom stereocenters. The van der Waals surface area contributed by atoms with Crippen LogP contribution in [0.1, 0.15) is 24.5 Å². The third-order valence-electron chi connectivity index (χ3n) is 6.41. The number of benzene rings is 2. The van der Waals surface area contributed by atoms with E-state index in [1.54, 1.807) is 6.92 Å². The first-order chi connectivity index (χ1) is 13.9. The van der Waals surface area contributed by atoms with Gasteiger partial charge in [-0.1, -0.05) is 60.7 Å². The molecule has 0 heterocycles. The van der Waals surface area contributed by atoms with E-state index in [-0.39, 0.29) is 12.2 Å². The summed E-state index contributed by atoms with van der Waals surface area (Å²) in [4.78, 5) is 39.7. The van der Waals surface area contributed by atoms with E-state index in [1.807, 2.05) is 60.7 Å². The molecular formula is C24H22O5. The lowest BCUT2D eigenvalue weighted by Crippen LogP contribution is -2.37. The number of hydrogen-bond acceptors (Lipinski definition) is 5. The van der Waals surface area contributed by atoms with Gasteiger partial charge in [-0.3, -0.25) is 14.4 Å². The maximum Gasteiger partial charge on any atom is 0.323 e. The van der Waals surface area contributed by atoms with E-state index in [1.165, 1.54) is 14.2 Å². The molecule has 1 saturated carbocycles. The van der Waals surface area contributed by atoms with Crippen molar-refractivity contribution >= 4 is 28.9 Å². The molecule has 2 aliphatic rings. The molecule has 2 bridgehead atoms. The van der Waals surface area contributed by atoms with Crippen molar-refractivity contribution in [3.63, 3.8) is 0 Å². The lowest BCUT2D eigenvalue weighted by Gasteiger charge is -2.34. The lowest BCUT2D eigenvalue weighted by molar-refractivity contribution is -0.152. The van der Waals surface area contributed by atoms with Gasteiger partial charge in [0.05, 0.1) is 25.6 Å². The third-order valence-corrected chi connectivity index (χ3v) is 6.41. The molecule has 0 aliphatic heterocycles. The minimum Gasteiger partial charge on any atom is -0.469 e. The largest absolute Gasteiger partial charge is 0.469 e. The first-order valence-electron chi connectivity index (χ1n) is 9.50. The first-order valence-corrected chi connectivity index (χ1v) is 9.50. The molecule has 0 spiro atoms. The van der Waals surface area contributed by atoms with Gasteiger partial charge in [-0.25, -0.2) is 0 Å². The smallest absolute Gasteiger partial charge is 0.323 e. The number of rotatable bonds is 4. The van der Waals surface area contributed by atoms with Crippen LogP contribution in [-0.4, -0.2) is 31.9 Å². The molecule has 4 rings (SSSR count). The van der Waals surface area contributed by atoms with Crippen LogP contribution >= 0.6 is 0 Å². The molecule has 29 heavy (non-hydrogen) atoms. The number of esters is 2. The molecule has 0 radical (unpaired) electrons. The molecule has 0 amide bonds. The Kier molecular flexibility index (Phi) is 4.41. The van der Waals surface area contributed by atoms with Crippen molar-refractivity contribution in [1.29, 1.82) is 0 Å². The van der Waals surface area contributed by atoms with Gasteiger partial charge < -0.3 is 9.47 Å². The van der Waals surface area contributed by atoms with Crippen LogP contribution in [0.4, 0.5) is 0 Å².